The van der Waals surface area contributed by atoms with E-state index in [1.165, 1.54) is 0 Å². The van der Waals surface area contributed by atoms with Crippen LogP contribution >= 0.6 is 0 Å². The molecule has 0 saturated carbocycles. The number of carboxylic acids is 1. The molecule has 0 aliphatic carbocycles. The number of carbonyl (C=O) groups excluding carboxylic acids is 5. The molecule has 0 spiro atoms. The first kappa shape index (κ1) is 45.4. The molecule has 8 N–H and O–H groups in total. The summed E-state index contributed by atoms with van der Waals surface area (Å²) in [6.45, 7) is 14.4. The first-order valence-electron chi connectivity index (χ1n) is 19.0. The standard InChI is InChI=1S/C41H62N6O7/c1-9-27(8)37(40(52)47-36(26(6)7)41(53)54)45-34(49)23-30(42)31(21-28-16-12-10-13-17-28)44-39(51)35(25(4)5)46-38(50)32(43-33(48)20-24(2)3)22-29-18-14-11-15-19-29/h10-19,24-27,30-32,35-37H,9,20-23,42H2,1-8H3,(H,43,48)(H,44,51)(H,45,49)(H,46,50)(H,47,52)(H,53,54)/t27-,30?,31?,32-,35-,36-,37-/m0/s1. The van der Waals surface area contributed by atoms with E-state index in [1.54, 1.807) is 34.6 Å². The predicted octanol–water partition coefficient (Wildman–Crippen LogP) is 3.10. The van der Waals surface area contributed by atoms with Crippen molar-refractivity contribution in [3.05, 3.63) is 71.8 Å². The maximum atomic E-state index is 14.0. The summed E-state index contributed by atoms with van der Waals surface area (Å²) in [5.41, 5.74) is 8.35. The van der Waals surface area contributed by atoms with Gasteiger partial charge in [-0.25, -0.2) is 4.79 Å². The van der Waals surface area contributed by atoms with Crippen molar-refractivity contribution in [2.75, 3.05) is 0 Å². The predicted molar refractivity (Wildman–Crippen MR) is 209 cm³/mol. The number of hydrogen-bond acceptors (Lipinski definition) is 7. The van der Waals surface area contributed by atoms with E-state index in [-0.39, 0.29) is 55.3 Å². The number of benzene rings is 2. The van der Waals surface area contributed by atoms with E-state index >= 15 is 0 Å². The van der Waals surface area contributed by atoms with Crippen LogP contribution < -0.4 is 32.3 Å². The Bertz CT molecular complexity index is 1520. The molecule has 0 fully saturated rings. The zero-order chi connectivity index (χ0) is 40.5. The van der Waals surface area contributed by atoms with E-state index in [4.69, 9.17) is 5.73 Å². The fraction of sp³-hybridized carbons (Fsp3) is 0.561. The van der Waals surface area contributed by atoms with Crippen LogP contribution in [0, 0.1) is 23.7 Å². The van der Waals surface area contributed by atoms with Crippen molar-refractivity contribution >= 4 is 35.5 Å². The van der Waals surface area contributed by atoms with Crippen molar-refractivity contribution in [2.45, 2.75) is 124 Å². The van der Waals surface area contributed by atoms with E-state index in [0.717, 1.165) is 11.1 Å². The Morgan fingerprint density at radius 1 is 0.593 bits per heavy atom. The second-order valence-corrected chi connectivity index (χ2v) is 15.3. The molecule has 0 bridgehead atoms. The van der Waals surface area contributed by atoms with E-state index in [0.29, 0.717) is 6.42 Å². The van der Waals surface area contributed by atoms with Gasteiger partial charge in [-0.15, -0.1) is 0 Å². The molecule has 13 nitrogen and oxygen atoms in total. The number of carbonyl (C=O) groups is 6. The summed E-state index contributed by atoms with van der Waals surface area (Å²) in [7, 11) is 0. The molecule has 0 aliphatic rings. The minimum Gasteiger partial charge on any atom is -0.480 e. The lowest BCUT2D eigenvalue weighted by Crippen LogP contribution is -2.60. The van der Waals surface area contributed by atoms with Crippen LogP contribution in [0.5, 0.6) is 0 Å². The van der Waals surface area contributed by atoms with Gasteiger partial charge in [0.05, 0.1) is 0 Å². The Morgan fingerprint density at radius 3 is 1.56 bits per heavy atom. The van der Waals surface area contributed by atoms with E-state index in [2.05, 4.69) is 26.6 Å². The summed E-state index contributed by atoms with van der Waals surface area (Å²) >= 11 is 0. The average molecular weight is 751 g/mol. The topological polar surface area (TPSA) is 209 Å². The highest BCUT2D eigenvalue weighted by Crippen LogP contribution is 2.14. The molecule has 7 atom stereocenters. The van der Waals surface area contributed by atoms with Crippen LogP contribution in [0.4, 0.5) is 0 Å². The van der Waals surface area contributed by atoms with Gasteiger partial charge < -0.3 is 37.4 Å². The maximum absolute atomic E-state index is 14.0. The molecule has 0 saturated heterocycles. The molecule has 2 unspecified atom stereocenters. The zero-order valence-corrected chi connectivity index (χ0v) is 33.1. The van der Waals surface area contributed by atoms with Crippen LogP contribution in [0.2, 0.25) is 0 Å². The third kappa shape index (κ3) is 15.3. The van der Waals surface area contributed by atoms with Gasteiger partial charge in [0.1, 0.15) is 24.2 Å². The molecule has 2 aromatic rings. The van der Waals surface area contributed by atoms with Crippen molar-refractivity contribution in [3.8, 4) is 0 Å². The first-order chi connectivity index (χ1) is 25.4. The number of nitrogens with one attached hydrogen (secondary N) is 5. The van der Waals surface area contributed by atoms with Gasteiger partial charge in [0.2, 0.25) is 29.5 Å². The summed E-state index contributed by atoms with van der Waals surface area (Å²) in [4.78, 5) is 79.0. The fourth-order valence-corrected chi connectivity index (χ4v) is 5.97. The molecule has 298 valence electrons. The third-order valence-corrected chi connectivity index (χ3v) is 9.38. The molecule has 2 aromatic carbocycles. The highest BCUT2D eigenvalue weighted by atomic mass is 16.4. The smallest absolute Gasteiger partial charge is 0.326 e. The Labute approximate surface area is 320 Å². The van der Waals surface area contributed by atoms with Gasteiger partial charge in [-0.05, 0) is 41.2 Å². The largest absolute Gasteiger partial charge is 0.480 e. The maximum Gasteiger partial charge on any atom is 0.326 e. The summed E-state index contributed by atoms with van der Waals surface area (Å²) in [6.07, 6.45) is 1.01. The molecular weight excluding hydrogens is 688 g/mol. The number of carboxylic acid groups (broad SMARTS) is 1. The van der Waals surface area contributed by atoms with Gasteiger partial charge in [-0.1, -0.05) is 122 Å². The summed E-state index contributed by atoms with van der Waals surface area (Å²) in [5, 5.41) is 23.6. The lowest BCUT2D eigenvalue weighted by atomic mass is 9.94. The lowest BCUT2D eigenvalue weighted by molar-refractivity contribution is -0.143. The average Bonchev–Trinajstić information content (AvgIpc) is 3.10. The SMILES string of the molecule is CC[C@H](C)[C@H](NC(=O)CC(N)C(Cc1ccccc1)NC(=O)[C@@H](NC(=O)[C@H](Cc1ccccc1)NC(=O)CC(C)C)C(C)C)C(=O)N[C@H](C(=O)O)C(C)C. The molecule has 13 heteroatoms. The molecule has 54 heavy (non-hydrogen) atoms. The molecule has 0 heterocycles. The number of aliphatic carboxylic acids is 1. The molecule has 0 aromatic heterocycles. The van der Waals surface area contributed by atoms with Crippen molar-refractivity contribution < 1.29 is 33.9 Å². The number of rotatable bonds is 22. The van der Waals surface area contributed by atoms with Crippen molar-refractivity contribution in [1.29, 1.82) is 0 Å². The Balaban J connectivity index is 2.30. The first-order valence-corrected chi connectivity index (χ1v) is 19.0. The summed E-state index contributed by atoms with van der Waals surface area (Å²) in [5.74, 6) is -4.58. The van der Waals surface area contributed by atoms with Crippen LogP contribution in [0.25, 0.3) is 0 Å². The Hall–Kier alpha value is -4.78. The van der Waals surface area contributed by atoms with Gasteiger partial charge in [-0.3, -0.25) is 24.0 Å². The number of amides is 5. The number of hydrogen-bond donors (Lipinski definition) is 7. The summed E-state index contributed by atoms with van der Waals surface area (Å²) in [6, 6.07) is 12.8. The second-order valence-electron chi connectivity index (χ2n) is 15.3. The van der Waals surface area contributed by atoms with Crippen LogP contribution in [0.3, 0.4) is 0 Å². The normalized spacial score (nSPS) is 15.3. The summed E-state index contributed by atoms with van der Waals surface area (Å²) < 4.78 is 0. The minimum atomic E-state index is -1.17. The third-order valence-electron chi connectivity index (χ3n) is 9.38. The minimum absolute atomic E-state index is 0.0831. The van der Waals surface area contributed by atoms with Crippen LogP contribution in [0.1, 0.15) is 85.8 Å². The van der Waals surface area contributed by atoms with Crippen molar-refractivity contribution in [3.63, 3.8) is 0 Å². The molecule has 2 rings (SSSR count). The monoisotopic (exact) mass is 750 g/mol. The van der Waals surface area contributed by atoms with Crippen molar-refractivity contribution in [1.82, 2.24) is 26.6 Å². The van der Waals surface area contributed by atoms with Gasteiger partial charge in [0, 0.05) is 31.3 Å². The Morgan fingerprint density at radius 2 is 1.07 bits per heavy atom. The molecule has 0 radical (unpaired) electrons. The van der Waals surface area contributed by atoms with Crippen LogP contribution in [-0.4, -0.2) is 76.9 Å². The molecule has 0 aliphatic heterocycles. The van der Waals surface area contributed by atoms with Crippen LogP contribution in [0.15, 0.2) is 60.7 Å². The van der Waals surface area contributed by atoms with E-state index < -0.39 is 65.8 Å². The van der Waals surface area contributed by atoms with Gasteiger partial charge >= 0.3 is 5.97 Å². The zero-order valence-electron chi connectivity index (χ0n) is 33.1. The van der Waals surface area contributed by atoms with E-state index in [1.807, 2.05) is 81.4 Å². The quantitative estimate of drug-likeness (QED) is 0.0949. The second kappa shape index (κ2) is 22.4. The lowest BCUT2D eigenvalue weighted by Gasteiger charge is -2.31. The Kier molecular flexibility index (Phi) is 18.9. The van der Waals surface area contributed by atoms with Crippen molar-refractivity contribution in [2.24, 2.45) is 29.4 Å². The fourth-order valence-electron chi connectivity index (χ4n) is 5.97. The van der Waals surface area contributed by atoms with Crippen LogP contribution in [-0.2, 0) is 41.6 Å². The highest BCUT2D eigenvalue weighted by Gasteiger charge is 2.34. The molecule has 5 amide bonds. The molecular formula is C41H62N6O7. The highest BCUT2D eigenvalue weighted by molar-refractivity contribution is 5.93. The van der Waals surface area contributed by atoms with Gasteiger partial charge in [0.25, 0.3) is 0 Å². The van der Waals surface area contributed by atoms with E-state index in [9.17, 15) is 33.9 Å². The number of nitrogens with two attached hydrogens (primary N) is 1. The van der Waals surface area contributed by atoms with Gasteiger partial charge in [-0.2, -0.15) is 0 Å². The van der Waals surface area contributed by atoms with Gasteiger partial charge in [0.15, 0.2) is 0 Å².